The van der Waals surface area contributed by atoms with Crippen LogP contribution in [0.1, 0.15) is 18.4 Å². The average molecular weight is 362 g/mol. The van der Waals surface area contributed by atoms with Gasteiger partial charge in [0, 0.05) is 30.0 Å². The van der Waals surface area contributed by atoms with Crippen molar-refractivity contribution < 1.29 is 4.79 Å². The van der Waals surface area contributed by atoms with Crippen molar-refractivity contribution in [1.29, 1.82) is 0 Å². The lowest BCUT2D eigenvalue weighted by Gasteiger charge is -2.20. The number of rotatable bonds is 5. The highest BCUT2D eigenvalue weighted by molar-refractivity contribution is 5.90. The highest BCUT2D eigenvalue weighted by Crippen LogP contribution is 2.26. The van der Waals surface area contributed by atoms with Crippen LogP contribution in [0.25, 0.3) is 11.4 Å². The van der Waals surface area contributed by atoms with Crippen LogP contribution >= 0.6 is 0 Å². The summed E-state index contributed by atoms with van der Waals surface area (Å²) in [5, 5.41) is 15.2. The highest BCUT2D eigenvalue weighted by Gasteiger charge is 2.15. The molecule has 1 aliphatic heterocycles. The molecular weight excluding hydrogens is 340 g/mol. The molecule has 1 aromatic heterocycles. The van der Waals surface area contributed by atoms with E-state index in [1.807, 2.05) is 42.5 Å². The van der Waals surface area contributed by atoms with Gasteiger partial charge in [-0.05, 0) is 48.7 Å². The van der Waals surface area contributed by atoms with E-state index in [9.17, 15) is 4.79 Å². The molecule has 1 aliphatic rings. The first-order valence-corrected chi connectivity index (χ1v) is 9.18. The Balaban J connectivity index is 1.39. The van der Waals surface area contributed by atoms with Gasteiger partial charge in [0.1, 0.15) is 6.54 Å². The third kappa shape index (κ3) is 3.97. The van der Waals surface area contributed by atoms with Gasteiger partial charge < -0.3 is 10.2 Å². The predicted molar refractivity (Wildman–Crippen MR) is 105 cm³/mol. The molecule has 0 spiro atoms. The average Bonchev–Trinajstić information content (AvgIpc) is 3.35. The Morgan fingerprint density at radius 1 is 1.11 bits per heavy atom. The van der Waals surface area contributed by atoms with Gasteiger partial charge in [0.15, 0.2) is 0 Å². The molecule has 27 heavy (non-hydrogen) atoms. The fourth-order valence-electron chi connectivity index (χ4n) is 3.39. The van der Waals surface area contributed by atoms with E-state index in [2.05, 4.69) is 38.6 Å². The van der Waals surface area contributed by atoms with Gasteiger partial charge in [0.2, 0.25) is 11.7 Å². The number of anilines is 2. The molecule has 7 heteroatoms. The van der Waals surface area contributed by atoms with E-state index in [4.69, 9.17) is 0 Å². The molecule has 0 aliphatic carbocycles. The Hall–Kier alpha value is -3.22. The van der Waals surface area contributed by atoms with Crippen molar-refractivity contribution in [3.8, 4) is 11.4 Å². The number of aryl methyl sites for hydroxylation is 1. The van der Waals surface area contributed by atoms with Crippen LogP contribution in [-0.4, -0.2) is 39.2 Å². The number of carbonyl (C=O) groups excluding carboxylic acids is 1. The third-order valence-electron chi connectivity index (χ3n) is 4.70. The zero-order chi connectivity index (χ0) is 18.6. The van der Waals surface area contributed by atoms with E-state index in [0.717, 1.165) is 24.3 Å². The molecule has 3 aromatic rings. The van der Waals surface area contributed by atoms with Crippen molar-refractivity contribution in [3.05, 3.63) is 54.1 Å². The first-order chi connectivity index (χ1) is 13.2. The van der Waals surface area contributed by atoms with Gasteiger partial charge in [-0.1, -0.05) is 30.3 Å². The third-order valence-corrected chi connectivity index (χ3v) is 4.70. The second kappa shape index (κ2) is 7.57. The molecule has 2 heterocycles. The zero-order valence-electron chi connectivity index (χ0n) is 15.3. The standard InChI is InChI=1S/C20H22N6O/c1-15-13-17(9-10-18(15)25-11-5-6-12-25)21-19(27)14-26-23-20(22-24-26)16-7-3-2-4-8-16/h2-4,7-10,13H,5-6,11-12,14H2,1H3,(H,21,27). The number of nitrogens with one attached hydrogen (secondary N) is 1. The van der Waals surface area contributed by atoms with Crippen LogP contribution in [0.2, 0.25) is 0 Å². The smallest absolute Gasteiger partial charge is 0.248 e. The lowest BCUT2D eigenvalue weighted by atomic mass is 10.1. The van der Waals surface area contributed by atoms with Crippen LogP contribution in [0.15, 0.2) is 48.5 Å². The molecule has 0 atom stereocenters. The fraction of sp³-hybridized carbons (Fsp3) is 0.300. The molecule has 0 bridgehead atoms. The van der Waals surface area contributed by atoms with Crippen LogP contribution in [0.4, 0.5) is 11.4 Å². The van der Waals surface area contributed by atoms with Crippen LogP contribution in [0.3, 0.4) is 0 Å². The van der Waals surface area contributed by atoms with Gasteiger partial charge >= 0.3 is 0 Å². The van der Waals surface area contributed by atoms with Crippen LogP contribution in [0, 0.1) is 6.92 Å². The summed E-state index contributed by atoms with van der Waals surface area (Å²) in [5.74, 6) is 0.328. The minimum Gasteiger partial charge on any atom is -0.371 e. The largest absolute Gasteiger partial charge is 0.371 e. The molecule has 0 saturated carbocycles. The molecule has 7 nitrogen and oxygen atoms in total. The number of hydrogen-bond acceptors (Lipinski definition) is 5. The maximum absolute atomic E-state index is 12.3. The van der Waals surface area contributed by atoms with Crippen molar-refractivity contribution in [2.45, 2.75) is 26.3 Å². The lowest BCUT2D eigenvalue weighted by Crippen LogP contribution is -2.21. The number of amides is 1. The summed E-state index contributed by atoms with van der Waals surface area (Å²) in [7, 11) is 0. The number of hydrogen-bond donors (Lipinski definition) is 1. The molecule has 138 valence electrons. The zero-order valence-corrected chi connectivity index (χ0v) is 15.3. The Labute approximate surface area is 158 Å². The number of aromatic nitrogens is 4. The predicted octanol–water partition coefficient (Wildman–Crippen LogP) is 2.89. The van der Waals surface area contributed by atoms with Gasteiger partial charge in [-0.2, -0.15) is 4.80 Å². The van der Waals surface area contributed by atoms with Gasteiger partial charge in [-0.25, -0.2) is 0 Å². The summed E-state index contributed by atoms with van der Waals surface area (Å²) >= 11 is 0. The van der Waals surface area contributed by atoms with Gasteiger partial charge in [-0.3, -0.25) is 4.79 Å². The van der Waals surface area contributed by atoms with Crippen LogP contribution < -0.4 is 10.2 Å². The topological polar surface area (TPSA) is 75.9 Å². The summed E-state index contributed by atoms with van der Waals surface area (Å²) < 4.78 is 0. The van der Waals surface area contributed by atoms with Crippen molar-refractivity contribution >= 4 is 17.3 Å². The normalized spacial score (nSPS) is 13.7. The minimum atomic E-state index is -0.180. The molecule has 4 rings (SSSR count). The Morgan fingerprint density at radius 3 is 2.63 bits per heavy atom. The van der Waals surface area contributed by atoms with E-state index in [1.54, 1.807) is 0 Å². The van der Waals surface area contributed by atoms with E-state index in [1.165, 1.54) is 28.9 Å². The van der Waals surface area contributed by atoms with Crippen molar-refractivity contribution in [2.24, 2.45) is 0 Å². The number of benzene rings is 2. The molecule has 0 radical (unpaired) electrons. The van der Waals surface area contributed by atoms with Crippen LogP contribution in [0.5, 0.6) is 0 Å². The van der Waals surface area contributed by atoms with E-state index < -0.39 is 0 Å². The van der Waals surface area contributed by atoms with E-state index in [0.29, 0.717) is 5.82 Å². The van der Waals surface area contributed by atoms with Gasteiger partial charge in [0.25, 0.3) is 0 Å². The number of tetrazole rings is 1. The maximum Gasteiger partial charge on any atom is 0.248 e. The van der Waals surface area contributed by atoms with E-state index >= 15 is 0 Å². The summed E-state index contributed by atoms with van der Waals surface area (Å²) in [6.07, 6.45) is 2.49. The Morgan fingerprint density at radius 2 is 1.89 bits per heavy atom. The first-order valence-electron chi connectivity index (χ1n) is 9.18. The summed E-state index contributed by atoms with van der Waals surface area (Å²) in [6, 6.07) is 15.6. The molecule has 1 N–H and O–H groups in total. The summed E-state index contributed by atoms with van der Waals surface area (Å²) in [5.41, 5.74) is 4.07. The van der Waals surface area contributed by atoms with Crippen molar-refractivity contribution in [2.75, 3.05) is 23.3 Å². The monoisotopic (exact) mass is 362 g/mol. The van der Waals surface area contributed by atoms with Crippen LogP contribution in [-0.2, 0) is 11.3 Å². The molecule has 0 unspecified atom stereocenters. The Kier molecular flexibility index (Phi) is 4.82. The second-order valence-corrected chi connectivity index (χ2v) is 6.75. The first kappa shape index (κ1) is 17.2. The van der Waals surface area contributed by atoms with Crippen molar-refractivity contribution in [1.82, 2.24) is 20.2 Å². The molecule has 2 aromatic carbocycles. The fourth-order valence-corrected chi connectivity index (χ4v) is 3.39. The molecular formula is C20H22N6O. The second-order valence-electron chi connectivity index (χ2n) is 6.75. The molecule has 1 amide bonds. The molecule has 1 fully saturated rings. The number of nitrogens with zero attached hydrogens (tertiary/aromatic N) is 5. The summed E-state index contributed by atoms with van der Waals surface area (Å²) in [6.45, 7) is 4.31. The minimum absolute atomic E-state index is 0.0206. The quantitative estimate of drug-likeness (QED) is 0.755. The summed E-state index contributed by atoms with van der Waals surface area (Å²) in [4.78, 5) is 16.0. The SMILES string of the molecule is Cc1cc(NC(=O)Cn2nnc(-c3ccccc3)n2)ccc1N1CCCC1. The Bertz CT molecular complexity index is 931. The number of carbonyl (C=O) groups is 1. The maximum atomic E-state index is 12.3. The van der Waals surface area contributed by atoms with Gasteiger partial charge in [0.05, 0.1) is 0 Å². The van der Waals surface area contributed by atoms with Gasteiger partial charge in [-0.15, -0.1) is 10.2 Å². The lowest BCUT2D eigenvalue weighted by molar-refractivity contribution is -0.117. The molecule has 1 saturated heterocycles. The van der Waals surface area contributed by atoms with E-state index in [-0.39, 0.29) is 12.5 Å². The van der Waals surface area contributed by atoms with Crippen molar-refractivity contribution in [3.63, 3.8) is 0 Å². The highest BCUT2D eigenvalue weighted by atomic mass is 16.2.